The number of hydrogen-bond donors (Lipinski definition) is 2. The van der Waals surface area contributed by atoms with Crippen LogP contribution in [-0.4, -0.2) is 48.5 Å². The number of β-amino-alcohol motifs (C(OH)–C–C–N with tert-alkyl or cyclic N) is 1. The number of H-pyrrole nitrogens is 1. The van der Waals surface area contributed by atoms with Gasteiger partial charge < -0.3 is 5.11 Å². The molecule has 7 heteroatoms. The third kappa shape index (κ3) is 2.76. The average Bonchev–Trinajstić information content (AvgIpc) is 3.10. The van der Waals surface area contributed by atoms with Gasteiger partial charge in [0, 0.05) is 17.6 Å². The van der Waals surface area contributed by atoms with Gasteiger partial charge in [-0.25, -0.2) is 9.97 Å². The molecular weight excluding hydrogens is 304 g/mol. The number of rotatable bonds is 3. The predicted octanol–water partition coefficient (Wildman–Crippen LogP) is 1.54. The van der Waals surface area contributed by atoms with E-state index < -0.39 is 5.60 Å². The molecule has 1 aliphatic heterocycles. The van der Waals surface area contributed by atoms with Gasteiger partial charge in [-0.05, 0) is 32.4 Å². The van der Waals surface area contributed by atoms with Crippen molar-refractivity contribution in [2.45, 2.75) is 31.9 Å². The summed E-state index contributed by atoms with van der Waals surface area (Å²) in [6, 6.07) is 8.04. The Morgan fingerprint density at radius 1 is 1.29 bits per heavy atom. The highest BCUT2D eigenvalue weighted by Crippen LogP contribution is 2.30. The van der Waals surface area contributed by atoms with Crippen molar-refractivity contribution in [3.63, 3.8) is 0 Å². The van der Waals surface area contributed by atoms with Crippen molar-refractivity contribution in [3.8, 4) is 0 Å². The van der Waals surface area contributed by atoms with Crippen LogP contribution in [0.1, 0.15) is 30.1 Å². The maximum absolute atomic E-state index is 10.9. The first-order valence-electron chi connectivity index (χ1n) is 8.17. The molecule has 0 saturated carbocycles. The number of aromatic amines is 1. The molecule has 24 heavy (non-hydrogen) atoms. The van der Waals surface area contributed by atoms with Gasteiger partial charge >= 0.3 is 0 Å². The van der Waals surface area contributed by atoms with Crippen molar-refractivity contribution in [2.75, 3.05) is 13.1 Å². The van der Waals surface area contributed by atoms with Crippen molar-refractivity contribution < 1.29 is 5.11 Å². The summed E-state index contributed by atoms with van der Waals surface area (Å²) < 4.78 is 0. The predicted molar refractivity (Wildman–Crippen MR) is 89.1 cm³/mol. The summed E-state index contributed by atoms with van der Waals surface area (Å²) in [4.78, 5) is 11.5. The first kappa shape index (κ1) is 15.2. The zero-order chi connectivity index (χ0) is 16.6. The van der Waals surface area contributed by atoms with Crippen LogP contribution in [0, 0.1) is 6.92 Å². The van der Waals surface area contributed by atoms with E-state index in [0.29, 0.717) is 25.2 Å². The van der Waals surface area contributed by atoms with Gasteiger partial charge in [0.05, 0.1) is 18.3 Å². The number of likely N-dealkylation sites (tertiary alicyclic amines) is 1. The smallest absolute Gasteiger partial charge is 0.143 e. The van der Waals surface area contributed by atoms with Gasteiger partial charge in [-0.15, -0.1) is 0 Å². The highest BCUT2D eigenvalue weighted by Gasteiger charge is 2.37. The molecule has 2 aromatic heterocycles. The van der Waals surface area contributed by atoms with Gasteiger partial charge in [-0.3, -0.25) is 4.90 Å². The van der Waals surface area contributed by atoms with Crippen LogP contribution in [0.3, 0.4) is 0 Å². The molecule has 3 aromatic rings. The van der Waals surface area contributed by atoms with Crippen molar-refractivity contribution in [1.82, 2.24) is 30.3 Å². The zero-order valence-corrected chi connectivity index (χ0v) is 13.6. The van der Waals surface area contributed by atoms with Gasteiger partial charge in [0.2, 0.25) is 0 Å². The number of benzene rings is 1. The van der Waals surface area contributed by atoms with Gasteiger partial charge in [0.1, 0.15) is 17.1 Å². The van der Waals surface area contributed by atoms with Crippen molar-refractivity contribution in [1.29, 1.82) is 0 Å². The van der Waals surface area contributed by atoms with Crippen LogP contribution in [-0.2, 0) is 12.1 Å². The summed E-state index contributed by atoms with van der Waals surface area (Å²) in [6.07, 6.45) is 3.18. The van der Waals surface area contributed by atoms with Crippen LogP contribution in [0.5, 0.6) is 0 Å². The molecule has 1 unspecified atom stereocenters. The minimum atomic E-state index is -0.961. The topological polar surface area (TPSA) is 90.8 Å². The van der Waals surface area contributed by atoms with Crippen LogP contribution >= 0.6 is 0 Å². The number of aryl methyl sites for hydroxylation is 1. The van der Waals surface area contributed by atoms with Crippen LogP contribution in [0.2, 0.25) is 0 Å². The van der Waals surface area contributed by atoms with Gasteiger partial charge in [-0.2, -0.15) is 15.4 Å². The Balaban J connectivity index is 1.57. The number of aromatic nitrogens is 5. The maximum Gasteiger partial charge on any atom is 0.143 e. The molecule has 4 rings (SSSR count). The normalized spacial score (nSPS) is 22.1. The molecule has 0 aliphatic carbocycles. The molecule has 0 bridgehead atoms. The monoisotopic (exact) mass is 324 g/mol. The lowest BCUT2D eigenvalue weighted by atomic mass is 9.90. The molecule has 1 aromatic carbocycles. The fourth-order valence-corrected chi connectivity index (χ4v) is 3.46. The van der Waals surface area contributed by atoms with E-state index in [1.165, 1.54) is 0 Å². The van der Waals surface area contributed by atoms with E-state index >= 15 is 0 Å². The van der Waals surface area contributed by atoms with E-state index in [4.69, 9.17) is 0 Å². The largest absolute Gasteiger partial charge is 0.382 e. The van der Waals surface area contributed by atoms with Crippen LogP contribution in [0.4, 0.5) is 0 Å². The molecule has 124 valence electrons. The molecule has 1 fully saturated rings. The molecular formula is C17H20N6O. The van der Waals surface area contributed by atoms with Crippen LogP contribution in [0.15, 0.2) is 30.5 Å². The second kappa shape index (κ2) is 5.92. The SMILES string of the molecule is Cc1nc(CN2CCCC(O)(c3cn[nH]n3)C2)nc2ccccc12. The van der Waals surface area contributed by atoms with E-state index in [2.05, 4.69) is 30.3 Å². The van der Waals surface area contributed by atoms with E-state index in [9.17, 15) is 5.11 Å². The number of piperidine rings is 1. The molecule has 7 nitrogen and oxygen atoms in total. The van der Waals surface area contributed by atoms with Crippen LogP contribution in [0.25, 0.3) is 10.9 Å². The Kier molecular flexibility index (Phi) is 3.74. The fourth-order valence-electron chi connectivity index (χ4n) is 3.46. The van der Waals surface area contributed by atoms with Gasteiger partial charge in [0.15, 0.2) is 0 Å². The number of hydrogen-bond acceptors (Lipinski definition) is 6. The number of nitrogens with zero attached hydrogens (tertiary/aromatic N) is 5. The highest BCUT2D eigenvalue weighted by molar-refractivity contribution is 5.80. The Labute approximate surface area is 139 Å². The lowest BCUT2D eigenvalue weighted by Gasteiger charge is -2.37. The van der Waals surface area contributed by atoms with Crippen molar-refractivity contribution >= 4 is 10.9 Å². The average molecular weight is 324 g/mol. The number of fused-ring (bicyclic) bond motifs is 1. The van der Waals surface area contributed by atoms with Crippen molar-refractivity contribution in [3.05, 3.63) is 47.7 Å². The lowest BCUT2D eigenvalue weighted by Crippen LogP contribution is -2.46. The Morgan fingerprint density at radius 2 is 2.17 bits per heavy atom. The molecule has 1 saturated heterocycles. The quantitative estimate of drug-likeness (QED) is 0.759. The molecule has 2 N–H and O–H groups in total. The number of nitrogens with one attached hydrogen (secondary N) is 1. The lowest BCUT2D eigenvalue weighted by molar-refractivity contribution is -0.0420. The summed E-state index contributed by atoms with van der Waals surface area (Å²) in [6.45, 7) is 4.05. The summed E-state index contributed by atoms with van der Waals surface area (Å²) in [7, 11) is 0. The maximum atomic E-state index is 10.9. The van der Waals surface area contributed by atoms with E-state index in [0.717, 1.165) is 35.4 Å². The van der Waals surface area contributed by atoms with E-state index in [1.807, 2.05) is 31.2 Å². The second-order valence-corrected chi connectivity index (χ2v) is 6.44. The van der Waals surface area contributed by atoms with E-state index in [-0.39, 0.29) is 0 Å². The van der Waals surface area contributed by atoms with Crippen molar-refractivity contribution in [2.24, 2.45) is 0 Å². The van der Waals surface area contributed by atoms with Crippen LogP contribution < -0.4 is 0 Å². The summed E-state index contributed by atoms with van der Waals surface area (Å²) in [5.41, 5.74) is 1.59. The molecule has 1 aliphatic rings. The molecule has 1 atom stereocenters. The van der Waals surface area contributed by atoms with Gasteiger partial charge in [0.25, 0.3) is 0 Å². The Morgan fingerprint density at radius 3 is 3.00 bits per heavy atom. The molecule has 0 radical (unpaired) electrons. The third-order valence-electron chi connectivity index (χ3n) is 4.65. The Bertz CT molecular complexity index is 849. The second-order valence-electron chi connectivity index (χ2n) is 6.44. The first-order chi connectivity index (χ1) is 11.6. The number of para-hydroxylation sites is 1. The third-order valence-corrected chi connectivity index (χ3v) is 4.65. The number of aliphatic hydroxyl groups is 1. The minimum absolute atomic E-state index is 0.509. The zero-order valence-electron chi connectivity index (χ0n) is 13.6. The summed E-state index contributed by atoms with van der Waals surface area (Å²) >= 11 is 0. The highest BCUT2D eigenvalue weighted by atomic mass is 16.3. The molecule has 0 spiro atoms. The molecule has 0 amide bonds. The first-order valence-corrected chi connectivity index (χ1v) is 8.17. The summed E-state index contributed by atoms with van der Waals surface area (Å²) in [5, 5.41) is 22.4. The molecule has 3 heterocycles. The fraction of sp³-hybridized carbons (Fsp3) is 0.412. The standard InChI is InChI=1S/C17H20N6O/c1-12-13-5-2-3-6-14(13)20-16(19-12)10-23-8-4-7-17(24,11-23)15-9-18-22-21-15/h2-3,5-6,9,24H,4,7-8,10-11H2,1H3,(H,18,21,22). The minimum Gasteiger partial charge on any atom is -0.382 e. The van der Waals surface area contributed by atoms with E-state index in [1.54, 1.807) is 6.20 Å². The van der Waals surface area contributed by atoms with Gasteiger partial charge in [-0.1, -0.05) is 18.2 Å². The summed E-state index contributed by atoms with van der Waals surface area (Å²) in [5.74, 6) is 0.788. The Hall–Kier alpha value is -2.38.